The smallest absolute Gasteiger partial charge is 0.317 e. The van der Waals surface area contributed by atoms with Gasteiger partial charge in [0.1, 0.15) is 0 Å². The van der Waals surface area contributed by atoms with Crippen molar-refractivity contribution in [1.29, 1.82) is 0 Å². The van der Waals surface area contributed by atoms with Gasteiger partial charge in [-0.2, -0.15) is 0 Å². The number of hydrogen-bond acceptors (Lipinski definition) is 2. The summed E-state index contributed by atoms with van der Waals surface area (Å²) >= 11 is 0. The standard InChI is InChI=1S/C16H22N2O3/c1-16(2,14(19)20)11-17-15(21)18-9-8-13(10-18)12-6-4-3-5-7-12/h3-7,13H,8-11H2,1-2H3,(H,17,21)(H,19,20). The van der Waals surface area contributed by atoms with Crippen molar-refractivity contribution < 1.29 is 14.7 Å². The molecular formula is C16H22N2O3. The molecule has 5 heteroatoms. The van der Waals surface area contributed by atoms with E-state index in [9.17, 15) is 9.59 Å². The topological polar surface area (TPSA) is 69.6 Å². The number of rotatable bonds is 4. The average Bonchev–Trinajstić information content (AvgIpc) is 2.95. The fraction of sp³-hybridized carbons (Fsp3) is 0.500. The number of benzene rings is 1. The van der Waals surface area contributed by atoms with Gasteiger partial charge >= 0.3 is 12.0 Å². The Morgan fingerprint density at radius 3 is 2.62 bits per heavy atom. The van der Waals surface area contributed by atoms with E-state index in [4.69, 9.17) is 5.11 Å². The van der Waals surface area contributed by atoms with Crippen LogP contribution in [-0.4, -0.2) is 41.6 Å². The molecule has 1 aromatic rings. The third-order valence-corrected chi connectivity index (χ3v) is 4.01. The molecule has 1 unspecified atom stereocenters. The van der Waals surface area contributed by atoms with Crippen molar-refractivity contribution in [3.8, 4) is 0 Å². The van der Waals surface area contributed by atoms with Crippen LogP contribution in [-0.2, 0) is 4.79 Å². The number of carbonyl (C=O) groups is 2. The summed E-state index contributed by atoms with van der Waals surface area (Å²) in [6, 6.07) is 9.99. The SMILES string of the molecule is CC(C)(CNC(=O)N1CCC(c2ccccc2)C1)C(=O)O. The minimum absolute atomic E-state index is 0.133. The largest absolute Gasteiger partial charge is 0.481 e. The van der Waals surface area contributed by atoms with E-state index in [2.05, 4.69) is 17.4 Å². The van der Waals surface area contributed by atoms with Crippen molar-refractivity contribution in [3.63, 3.8) is 0 Å². The first-order valence-corrected chi connectivity index (χ1v) is 7.21. The molecule has 1 aliphatic heterocycles. The van der Waals surface area contributed by atoms with Gasteiger partial charge in [-0.3, -0.25) is 4.79 Å². The van der Waals surface area contributed by atoms with Crippen molar-refractivity contribution in [1.82, 2.24) is 10.2 Å². The molecule has 0 radical (unpaired) electrons. The van der Waals surface area contributed by atoms with E-state index in [0.29, 0.717) is 19.0 Å². The minimum atomic E-state index is -0.950. The Morgan fingerprint density at radius 2 is 2.00 bits per heavy atom. The van der Waals surface area contributed by atoms with Crippen LogP contribution in [0.4, 0.5) is 4.79 Å². The second-order valence-electron chi connectivity index (χ2n) is 6.19. The molecule has 5 nitrogen and oxygen atoms in total. The van der Waals surface area contributed by atoms with Gasteiger partial charge in [-0.15, -0.1) is 0 Å². The van der Waals surface area contributed by atoms with Crippen LogP contribution in [0.2, 0.25) is 0 Å². The summed E-state index contributed by atoms with van der Waals surface area (Å²) in [6.45, 7) is 4.73. The Kier molecular flexibility index (Phi) is 4.50. The van der Waals surface area contributed by atoms with Crippen LogP contribution in [0.15, 0.2) is 30.3 Å². The molecule has 0 bridgehead atoms. The molecule has 1 fully saturated rings. The lowest BCUT2D eigenvalue weighted by Gasteiger charge is -2.23. The second kappa shape index (κ2) is 6.16. The van der Waals surface area contributed by atoms with Gasteiger partial charge in [0.05, 0.1) is 5.41 Å². The lowest BCUT2D eigenvalue weighted by molar-refractivity contribution is -0.146. The van der Waals surface area contributed by atoms with Gasteiger partial charge in [0, 0.05) is 25.6 Å². The van der Waals surface area contributed by atoms with E-state index in [0.717, 1.165) is 6.42 Å². The van der Waals surface area contributed by atoms with Crippen LogP contribution < -0.4 is 5.32 Å². The quantitative estimate of drug-likeness (QED) is 0.894. The maximum Gasteiger partial charge on any atom is 0.317 e. The number of carboxylic acids is 1. The molecule has 21 heavy (non-hydrogen) atoms. The summed E-state index contributed by atoms with van der Waals surface area (Å²) in [5.74, 6) is -0.546. The second-order valence-corrected chi connectivity index (χ2v) is 6.19. The number of aliphatic carboxylic acids is 1. The van der Waals surface area contributed by atoms with E-state index in [-0.39, 0.29) is 12.6 Å². The number of carbonyl (C=O) groups excluding carboxylic acids is 1. The first-order chi connectivity index (χ1) is 9.90. The van der Waals surface area contributed by atoms with Gasteiger partial charge in [0.15, 0.2) is 0 Å². The Morgan fingerprint density at radius 1 is 1.33 bits per heavy atom. The first kappa shape index (κ1) is 15.4. The number of nitrogens with one attached hydrogen (secondary N) is 1. The highest BCUT2D eigenvalue weighted by atomic mass is 16.4. The van der Waals surface area contributed by atoms with Crippen LogP contribution in [0.25, 0.3) is 0 Å². The van der Waals surface area contributed by atoms with Crippen LogP contribution in [0.5, 0.6) is 0 Å². The minimum Gasteiger partial charge on any atom is -0.481 e. The number of carboxylic acid groups (broad SMARTS) is 1. The van der Waals surface area contributed by atoms with Gasteiger partial charge in [-0.1, -0.05) is 30.3 Å². The fourth-order valence-corrected chi connectivity index (χ4v) is 2.43. The molecule has 1 aromatic carbocycles. The van der Waals surface area contributed by atoms with E-state index in [1.807, 2.05) is 18.2 Å². The molecule has 1 heterocycles. The molecule has 1 saturated heterocycles. The molecule has 1 atom stereocenters. The summed E-state index contributed by atoms with van der Waals surface area (Å²) in [7, 11) is 0. The number of amides is 2. The lowest BCUT2D eigenvalue weighted by Crippen LogP contribution is -2.44. The third-order valence-electron chi connectivity index (χ3n) is 4.01. The molecule has 1 aliphatic rings. The normalized spacial score (nSPS) is 18.6. The number of nitrogens with zero attached hydrogens (tertiary/aromatic N) is 1. The maximum absolute atomic E-state index is 12.1. The molecular weight excluding hydrogens is 268 g/mol. The zero-order valence-corrected chi connectivity index (χ0v) is 12.5. The Hall–Kier alpha value is -2.04. The molecule has 2 amide bonds. The summed E-state index contributed by atoms with van der Waals surface area (Å²) in [5.41, 5.74) is 0.299. The van der Waals surface area contributed by atoms with E-state index in [1.54, 1.807) is 18.7 Å². The monoisotopic (exact) mass is 290 g/mol. The zero-order chi connectivity index (χ0) is 15.5. The molecule has 0 aromatic heterocycles. The van der Waals surface area contributed by atoms with Crippen LogP contribution >= 0.6 is 0 Å². The van der Waals surface area contributed by atoms with E-state index in [1.165, 1.54) is 5.56 Å². The van der Waals surface area contributed by atoms with E-state index < -0.39 is 11.4 Å². The Labute approximate surface area is 125 Å². The maximum atomic E-state index is 12.1. The van der Waals surface area contributed by atoms with Gasteiger partial charge in [-0.25, -0.2) is 4.79 Å². The van der Waals surface area contributed by atoms with Gasteiger partial charge < -0.3 is 15.3 Å². The first-order valence-electron chi connectivity index (χ1n) is 7.21. The zero-order valence-electron chi connectivity index (χ0n) is 12.5. The molecule has 0 spiro atoms. The number of likely N-dealkylation sites (tertiary alicyclic amines) is 1. The van der Waals surface area contributed by atoms with E-state index >= 15 is 0 Å². The van der Waals surface area contributed by atoms with Crippen molar-refractivity contribution in [3.05, 3.63) is 35.9 Å². The average molecular weight is 290 g/mol. The molecule has 0 aliphatic carbocycles. The van der Waals surface area contributed by atoms with Crippen LogP contribution in [0, 0.1) is 5.41 Å². The van der Waals surface area contributed by atoms with Gasteiger partial charge in [0.25, 0.3) is 0 Å². The van der Waals surface area contributed by atoms with Crippen molar-refractivity contribution in [2.75, 3.05) is 19.6 Å². The highest BCUT2D eigenvalue weighted by Crippen LogP contribution is 2.26. The predicted molar refractivity (Wildman–Crippen MR) is 80.2 cm³/mol. The number of urea groups is 1. The van der Waals surface area contributed by atoms with Crippen molar-refractivity contribution in [2.24, 2.45) is 5.41 Å². The van der Waals surface area contributed by atoms with Crippen molar-refractivity contribution in [2.45, 2.75) is 26.2 Å². The fourth-order valence-electron chi connectivity index (χ4n) is 2.43. The lowest BCUT2D eigenvalue weighted by atomic mass is 9.94. The van der Waals surface area contributed by atoms with Gasteiger partial charge in [0.2, 0.25) is 0 Å². The summed E-state index contributed by atoms with van der Waals surface area (Å²) in [5, 5.41) is 11.8. The molecule has 114 valence electrons. The highest BCUT2D eigenvalue weighted by molar-refractivity contribution is 5.77. The number of hydrogen-bond donors (Lipinski definition) is 2. The molecule has 2 rings (SSSR count). The summed E-state index contributed by atoms with van der Waals surface area (Å²) in [6.07, 6.45) is 0.944. The van der Waals surface area contributed by atoms with Crippen LogP contribution in [0.1, 0.15) is 31.7 Å². The molecule has 2 N–H and O–H groups in total. The van der Waals surface area contributed by atoms with Gasteiger partial charge in [-0.05, 0) is 25.8 Å². The molecule has 0 saturated carbocycles. The summed E-state index contributed by atoms with van der Waals surface area (Å²) in [4.78, 5) is 24.9. The predicted octanol–water partition coefficient (Wildman–Crippen LogP) is 2.30. The highest BCUT2D eigenvalue weighted by Gasteiger charge is 2.31. The Bertz CT molecular complexity index is 514. The third kappa shape index (κ3) is 3.74. The summed E-state index contributed by atoms with van der Waals surface area (Å²) < 4.78 is 0. The Balaban J connectivity index is 1.87. The van der Waals surface area contributed by atoms with Crippen LogP contribution in [0.3, 0.4) is 0 Å². The van der Waals surface area contributed by atoms with Crippen molar-refractivity contribution >= 4 is 12.0 Å².